The fourth-order valence-corrected chi connectivity index (χ4v) is 15.4. The number of carboxylic acid groups (broad SMARTS) is 1. The maximum absolute atomic E-state index is 13.2. The molecule has 0 saturated heterocycles. The van der Waals surface area contributed by atoms with E-state index in [0.29, 0.717) is 58.1 Å². The molecular formula is C87H80FN13O11S. The fourth-order valence-electron chi connectivity index (χ4n) is 14.6. The number of rotatable bonds is 19. The molecule has 4 aliphatic heterocycles. The van der Waals surface area contributed by atoms with Crippen LogP contribution in [0.3, 0.4) is 0 Å². The molecule has 0 spiro atoms. The van der Waals surface area contributed by atoms with Gasteiger partial charge in [-0.3, -0.25) is 44.4 Å². The second kappa shape index (κ2) is 34.9. The summed E-state index contributed by atoms with van der Waals surface area (Å²) in [6.07, 6.45) is 0. The summed E-state index contributed by atoms with van der Waals surface area (Å²) < 4.78 is 13.2. The third kappa shape index (κ3) is 17.0. The van der Waals surface area contributed by atoms with Crippen LogP contribution in [0.1, 0.15) is 108 Å². The summed E-state index contributed by atoms with van der Waals surface area (Å²) >= 11 is 1.46. The molecule has 8 aromatic carbocycles. The molecule has 13 aromatic rings. The Kier molecular flexibility index (Phi) is 23.6. The van der Waals surface area contributed by atoms with Crippen molar-refractivity contribution in [1.29, 1.82) is 0 Å². The van der Waals surface area contributed by atoms with Gasteiger partial charge in [-0.25, -0.2) is 9.18 Å². The zero-order valence-electron chi connectivity index (χ0n) is 61.4. The van der Waals surface area contributed by atoms with Gasteiger partial charge in [0.2, 0.25) is 29.5 Å². The Morgan fingerprint density at radius 2 is 0.681 bits per heavy atom. The number of fused-ring (bicyclic) bond motifs is 4. The van der Waals surface area contributed by atoms with Gasteiger partial charge in [-0.15, -0.1) is 11.3 Å². The lowest BCUT2D eigenvalue weighted by atomic mass is 9.98. The molecule has 0 fully saturated rings. The van der Waals surface area contributed by atoms with E-state index in [4.69, 9.17) is 5.11 Å². The maximum Gasteiger partial charge on any atom is 0.335 e. The van der Waals surface area contributed by atoms with Crippen molar-refractivity contribution in [3.8, 4) is 56.2 Å². The molecule has 0 saturated carbocycles. The number of aliphatic hydroxyl groups is 4. The molecule has 24 nitrogen and oxygen atoms in total. The topological polar surface area (TPSA) is 343 Å². The maximum atomic E-state index is 13.2. The number of aromatic nitrogens is 8. The number of nitrogens with zero attached hydrogens (tertiary/aromatic N) is 8. The van der Waals surface area contributed by atoms with E-state index in [-0.39, 0.29) is 67.3 Å². The molecule has 572 valence electrons. The summed E-state index contributed by atoms with van der Waals surface area (Å²) in [4.78, 5) is 81.9. The lowest BCUT2D eigenvalue weighted by Crippen LogP contribution is -2.32. The number of halogens is 1. The SMILES string of the molecule is CC(=O)Nc1ccc(-c2n[nH]c3c2CN(C(=O)C(CO)c2ccccc2)C3)cc1.O=C(C(CO)c1ccccc1)N1Cc2[nH]nc(-c3ccc(-c4ccccc4)cc3)c2C1.O=C(C(CO)c1ccccc1)N1Cc2[nH]nc(-c3ccc(F)cc3)c2C1.O=C(O)c1ccc(-c2n[nH]c3c2CN(C(=O)C(CO)c2cccs2)C3)cc1. The van der Waals surface area contributed by atoms with Crippen molar-refractivity contribution in [3.63, 3.8) is 0 Å². The third-order valence-electron chi connectivity index (χ3n) is 20.5. The van der Waals surface area contributed by atoms with Crippen LogP contribution in [0.4, 0.5) is 10.1 Å². The molecule has 5 amide bonds. The van der Waals surface area contributed by atoms with Crippen LogP contribution in [-0.4, -0.2) is 148 Å². The molecule has 17 rings (SSSR count). The van der Waals surface area contributed by atoms with E-state index >= 15 is 0 Å². The van der Waals surface area contributed by atoms with Gasteiger partial charge in [0.05, 0.1) is 154 Å². The molecule has 0 bridgehead atoms. The molecule has 9 heterocycles. The fraction of sp³-hybridized carbons (Fsp3) is 0.195. The van der Waals surface area contributed by atoms with Crippen molar-refractivity contribution in [1.82, 2.24) is 60.4 Å². The molecule has 4 aliphatic rings. The molecule has 4 atom stereocenters. The molecule has 26 heteroatoms. The van der Waals surface area contributed by atoms with E-state index in [1.807, 2.05) is 151 Å². The van der Waals surface area contributed by atoms with Gasteiger partial charge in [0.25, 0.3) is 0 Å². The van der Waals surface area contributed by atoms with E-state index in [9.17, 15) is 53.6 Å². The zero-order valence-corrected chi connectivity index (χ0v) is 62.2. The number of thiophene rings is 1. The van der Waals surface area contributed by atoms with Gasteiger partial charge in [-0.05, 0) is 87.8 Å². The molecule has 10 N–H and O–H groups in total. The van der Waals surface area contributed by atoms with Gasteiger partial charge in [0.1, 0.15) is 5.82 Å². The summed E-state index contributed by atoms with van der Waals surface area (Å²) in [5.74, 6) is -4.06. The van der Waals surface area contributed by atoms with Gasteiger partial charge in [0, 0.05) is 62.0 Å². The minimum Gasteiger partial charge on any atom is -0.478 e. The molecule has 0 aliphatic carbocycles. The number of H-pyrrole nitrogens is 4. The van der Waals surface area contributed by atoms with Crippen LogP contribution in [0, 0.1) is 5.82 Å². The molecule has 5 aromatic heterocycles. The van der Waals surface area contributed by atoms with Gasteiger partial charge in [-0.2, -0.15) is 20.4 Å². The van der Waals surface area contributed by atoms with Crippen LogP contribution in [0.25, 0.3) is 56.2 Å². The van der Waals surface area contributed by atoms with Crippen molar-refractivity contribution in [3.05, 3.63) is 314 Å². The summed E-state index contributed by atoms with van der Waals surface area (Å²) in [6, 6.07) is 70.5. The Morgan fingerprint density at radius 3 is 1.00 bits per heavy atom. The number of amides is 5. The van der Waals surface area contributed by atoms with Crippen molar-refractivity contribution in [2.45, 2.75) is 83.0 Å². The second-order valence-corrected chi connectivity index (χ2v) is 28.7. The zero-order chi connectivity index (χ0) is 78.7. The third-order valence-corrected chi connectivity index (χ3v) is 21.5. The van der Waals surface area contributed by atoms with E-state index < -0.39 is 29.6 Å². The average molecular weight is 1530 g/mol. The molecule has 113 heavy (non-hydrogen) atoms. The predicted octanol–water partition coefficient (Wildman–Crippen LogP) is 12.3. The number of hydrogen-bond acceptors (Lipinski definition) is 15. The van der Waals surface area contributed by atoms with Gasteiger partial charge >= 0.3 is 5.97 Å². The normalized spacial score (nSPS) is 14.0. The van der Waals surface area contributed by atoms with Crippen molar-refractivity contribution >= 4 is 52.5 Å². The number of nitrogens with one attached hydrogen (secondary N) is 5. The summed E-state index contributed by atoms with van der Waals surface area (Å²) in [6.45, 7) is 4.06. The number of anilines is 1. The predicted molar refractivity (Wildman–Crippen MR) is 423 cm³/mol. The van der Waals surface area contributed by atoms with Crippen LogP contribution in [-0.2, 0) is 76.3 Å². The Bertz CT molecular complexity index is 5470. The minimum absolute atomic E-state index is 0.0660. The van der Waals surface area contributed by atoms with Crippen molar-refractivity contribution in [2.75, 3.05) is 31.7 Å². The second-order valence-electron chi connectivity index (χ2n) is 27.7. The van der Waals surface area contributed by atoms with E-state index in [1.165, 1.54) is 48.1 Å². The number of hydrogen-bond donors (Lipinski definition) is 10. The van der Waals surface area contributed by atoms with Crippen LogP contribution in [0.2, 0.25) is 0 Å². The number of aromatic carboxylic acids is 1. The number of benzene rings is 8. The number of aromatic amines is 4. The highest BCUT2D eigenvalue weighted by atomic mass is 32.1. The Labute approximate surface area is 652 Å². The average Bonchev–Trinajstić information content (AvgIpc) is 1.65. The van der Waals surface area contributed by atoms with E-state index in [1.54, 1.807) is 43.9 Å². The molecule has 4 unspecified atom stereocenters. The smallest absolute Gasteiger partial charge is 0.335 e. The van der Waals surface area contributed by atoms with Gasteiger partial charge in [0.15, 0.2) is 0 Å². The first-order chi connectivity index (χ1) is 55.1. The first-order valence-corrected chi connectivity index (χ1v) is 37.6. The quantitative estimate of drug-likeness (QED) is 0.0360. The lowest BCUT2D eigenvalue weighted by molar-refractivity contribution is -0.135. The van der Waals surface area contributed by atoms with Crippen molar-refractivity contribution < 1.29 is 58.7 Å². The summed E-state index contributed by atoms with van der Waals surface area (Å²) in [7, 11) is 0. The summed E-state index contributed by atoms with van der Waals surface area (Å²) in [5, 5.41) is 82.4. The van der Waals surface area contributed by atoms with E-state index in [0.717, 1.165) is 117 Å². The highest BCUT2D eigenvalue weighted by Gasteiger charge is 2.38. The standard InChI is InChI=1S/C26H23N3O2.C22H22N4O3.C20H18FN3O2.C19H17N3O4S/c30-17-23(20-9-5-2-6-10-20)26(31)29-15-22-24(16-29)27-28-25(22)21-13-11-19(12-14-21)18-7-3-1-4-8-18;1-14(28)23-17-9-7-16(8-10-17)21-18-11-26(12-20(18)24-25-21)22(29)19(13-27)15-5-3-2-4-6-15;21-15-8-6-14(7-9-15)19-16-10-24(11-18(16)22-23-19)20(26)17(12-25)13-4-2-1-3-5-13;23-10-14(16-2-1-7-27-16)18(24)22-8-13-15(9-22)20-21-17(13)11-3-5-12(6-4-11)19(25)26/h1-14,23,30H,15-17H2,(H,27,28);2-10,19,27H,11-13H2,1H3,(H,23,28)(H,24,25);1-9,17,25H,10-12H2,(H,22,23);1-7,14,23H,8-10H2,(H,20,21)(H,25,26). The minimum atomic E-state index is -0.978. The summed E-state index contributed by atoms with van der Waals surface area (Å²) in [5.41, 5.74) is 19.9. The van der Waals surface area contributed by atoms with Gasteiger partial charge < -0.3 is 50.4 Å². The monoisotopic (exact) mass is 1530 g/mol. The highest BCUT2D eigenvalue weighted by Crippen LogP contribution is 2.39. The van der Waals surface area contributed by atoms with Crippen LogP contribution < -0.4 is 5.32 Å². The number of carbonyl (C=O) groups excluding carboxylic acids is 5. The lowest BCUT2D eigenvalue weighted by Gasteiger charge is -2.22. The molecule has 0 radical (unpaired) electrons. The van der Waals surface area contributed by atoms with Crippen LogP contribution >= 0.6 is 11.3 Å². The van der Waals surface area contributed by atoms with Gasteiger partial charge in [-0.1, -0.05) is 176 Å². The Morgan fingerprint density at radius 1 is 0.381 bits per heavy atom. The Balaban J connectivity index is 0.000000125. The molecular weight excluding hydrogens is 1450 g/mol. The van der Waals surface area contributed by atoms with Crippen LogP contribution in [0.15, 0.2) is 236 Å². The van der Waals surface area contributed by atoms with E-state index in [2.05, 4.69) is 82.5 Å². The Hall–Kier alpha value is -13.1. The number of carbonyl (C=O) groups is 6. The first-order valence-electron chi connectivity index (χ1n) is 36.7. The largest absolute Gasteiger partial charge is 0.478 e. The highest BCUT2D eigenvalue weighted by molar-refractivity contribution is 7.10. The van der Waals surface area contributed by atoms with Crippen LogP contribution in [0.5, 0.6) is 0 Å². The number of carboxylic acids is 1. The first kappa shape index (κ1) is 76.7. The number of aliphatic hydroxyl groups excluding tert-OH is 4. The van der Waals surface area contributed by atoms with Crippen molar-refractivity contribution in [2.24, 2.45) is 0 Å².